The van der Waals surface area contributed by atoms with Crippen molar-refractivity contribution in [2.75, 3.05) is 6.54 Å². The third-order valence-electron chi connectivity index (χ3n) is 3.25. The van der Waals surface area contributed by atoms with Crippen LogP contribution in [-0.2, 0) is 6.42 Å². The Morgan fingerprint density at radius 3 is 2.63 bits per heavy atom. The first kappa shape index (κ1) is 14.4. The lowest BCUT2D eigenvalue weighted by Gasteiger charge is -2.20. The summed E-state index contributed by atoms with van der Waals surface area (Å²) in [7, 11) is 0. The van der Waals surface area contributed by atoms with E-state index in [0.717, 1.165) is 29.6 Å². The Hall–Kier alpha value is -1.06. The zero-order valence-corrected chi connectivity index (χ0v) is 13.0. The normalized spacial score (nSPS) is 12.6. The molecule has 1 unspecified atom stereocenters. The number of nitrogens with one attached hydrogen (secondary N) is 1. The third kappa shape index (κ3) is 3.28. The lowest BCUT2D eigenvalue weighted by Crippen LogP contribution is -2.24. The molecule has 1 aromatic heterocycles. The highest BCUT2D eigenvalue weighted by molar-refractivity contribution is 9.10. The van der Waals surface area contributed by atoms with Gasteiger partial charge in [0.05, 0.1) is 16.8 Å². The summed E-state index contributed by atoms with van der Waals surface area (Å²) in [5.41, 5.74) is 2.66. The summed E-state index contributed by atoms with van der Waals surface area (Å²) in [5, 5.41) is 3.58. The molecule has 0 bridgehead atoms. The van der Waals surface area contributed by atoms with Crippen molar-refractivity contribution >= 4 is 15.9 Å². The first-order valence-electron chi connectivity index (χ1n) is 6.82. The van der Waals surface area contributed by atoms with Crippen molar-refractivity contribution in [1.82, 2.24) is 5.32 Å². The largest absolute Gasteiger partial charge is 0.466 e. The summed E-state index contributed by atoms with van der Waals surface area (Å²) in [5.74, 6) is 0.953. The van der Waals surface area contributed by atoms with Gasteiger partial charge in [-0.25, -0.2) is 0 Å². The van der Waals surface area contributed by atoms with E-state index in [9.17, 15) is 0 Å². The Morgan fingerprint density at radius 2 is 2.00 bits per heavy atom. The maximum atomic E-state index is 5.67. The minimum atomic E-state index is 0.112. The van der Waals surface area contributed by atoms with Crippen LogP contribution in [0.3, 0.4) is 0 Å². The van der Waals surface area contributed by atoms with Gasteiger partial charge in [-0.05, 0) is 52.5 Å². The van der Waals surface area contributed by atoms with Crippen LogP contribution < -0.4 is 5.32 Å². The van der Waals surface area contributed by atoms with Gasteiger partial charge in [-0.3, -0.25) is 0 Å². The van der Waals surface area contributed by atoms with E-state index < -0.39 is 0 Å². The fraction of sp³-hybridized carbons (Fsp3) is 0.375. The number of furan rings is 1. The first-order chi connectivity index (χ1) is 9.27. The Kier molecular flexibility index (Phi) is 5.23. The summed E-state index contributed by atoms with van der Waals surface area (Å²) in [6, 6.07) is 10.6. The van der Waals surface area contributed by atoms with Gasteiger partial charge in [0.25, 0.3) is 0 Å². The second-order valence-electron chi connectivity index (χ2n) is 4.57. The van der Waals surface area contributed by atoms with Crippen molar-refractivity contribution < 1.29 is 4.42 Å². The van der Waals surface area contributed by atoms with Crippen LogP contribution in [0.5, 0.6) is 0 Å². The molecule has 1 atom stereocenters. The summed E-state index contributed by atoms with van der Waals surface area (Å²) < 4.78 is 6.69. The standard InChI is InChI=1S/C16H20BrNO/c1-3-10-18-15(16-14(17)9-11-19-16)13-8-6-5-7-12(13)4-2/h5-9,11,15,18H,3-4,10H2,1-2H3. The maximum absolute atomic E-state index is 5.67. The Labute approximate surface area is 123 Å². The molecule has 2 aromatic rings. The van der Waals surface area contributed by atoms with Crippen LogP contribution >= 0.6 is 15.9 Å². The molecule has 1 heterocycles. The lowest BCUT2D eigenvalue weighted by atomic mass is 9.97. The van der Waals surface area contributed by atoms with Gasteiger partial charge < -0.3 is 9.73 Å². The molecule has 0 saturated heterocycles. The van der Waals surface area contributed by atoms with Crippen LogP contribution in [0.4, 0.5) is 0 Å². The van der Waals surface area contributed by atoms with E-state index in [2.05, 4.69) is 59.4 Å². The first-order valence-corrected chi connectivity index (χ1v) is 7.61. The summed E-state index contributed by atoms with van der Waals surface area (Å²) >= 11 is 3.57. The molecule has 1 N–H and O–H groups in total. The van der Waals surface area contributed by atoms with E-state index >= 15 is 0 Å². The highest BCUT2D eigenvalue weighted by Gasteiger charge is 2.21. The number of hydrogen-bond donors (Lipinski definition) is 1. The van der Waals surface area contributed by atoms with E-state index in [1.807, 2.05) is 6.07 Å². The fourth-order valence-corrected chi connectivity index (χ4v) is 2.71. The van der Waals surface area contributed by atoms with Crippen molar-refractivity contribution in [2.45, 2.75) is 32.7 Å². The zero-order chi connectivity index (χ0) is 13.7. The molecule has 0 radical (unpaired) electrons. The van der Waals surface area contributed by atoms with Crippen LogP contribution in [0, 0.1) is 0 Å². The molecule has 1 aromatic carbocycles. The number of benzene rings is 1. The molecule has 0 aliphatic carbocycles. The molecule has 0 fully saturated rings. The van der Waals surface area contributed by atoms with Gasteiger partial charge in [-0.1, -0.05) is 38.1 Å². The van der Waals surface area contributed by atoms with E-state index in [4.69, 9.17) is 4.42 Å². The van der Waals surface area contributed by atoms with Crippen molar-refractivity contribution in [3.8, 4) is 0 Å². The number of aryl methyl sites for hydroxylation is 1. The smallest absolute Gasteiger partial charge is 0.139 e. The molecular weight excluding hydrogens is 302 g/mol. The van der Waals surface area contributed by atoms with Crippen molar-refractivity contribution in [1.29, 1.82) is 0 Å². The van der Waals surface area contributed by atoms with Crippen molar-refractivity contribution in [3.05, 3.63) is 58.0 Å². The Morgan fingerprint density at radius 1 is 1.21 bits per heavy atom. The number of hydrogen-bond acceptors (Lipinski definition) is 2. The SMILES string of the molecule is CCCNC(c1ccccc1CC)c1occc1Br. The molecule has 102 valence electrons. The van der Waals surface area contributed by atoms with Crippen molar-refractivity contribution in [2.24, 2.45) is 0 Å². The average molecular weight is 322 g/mol. The summed E-state index contributed by atoms with van der Waals surface area (Å²) in [4.78, 5) is 0. The van der Waals surface area contributed by atoms with E-state index in [1.54, 1.807) is 6.26 Å². The lowest BCUT2D eigenvalue weighted by molar-refractivity contribution is 0.443. The molecule has 3 heteroatoms. The van der Waals surface area contributed by atoms with E-state index in [1.165, 1.54) is 11.1 Å². The minimum Gasteiger partial charge on any atom is -0.466 e. The van der Waals surface area contributed by atoms with Gasteiger partial charge in [-0.2, -0.15) is 0 Å². The third-order valence-corrected chi connectivity index (χ3v) is 3.91. The van der Waals surface area contributed by atoms with E-state index in [0.29, 0.717) is 0 Å². The maximum Gasteiger partial charge on any atom is 0.139 e. The van der Waals surface area contributed by atoms with Crippen molar-refractivity contribution in [3.63, 3.8) is 0 Å². The van der Waals surface area contributed by atoms with Crippen LogP contribution in [0.1, 0.15) is 43.2 Å². The Balaban J connectivity index is 2.40. The molecule has 0 amide bonds. The number of halogens is 1. The molecule has 2 rings (SSSR count). The Bertz CT molecular complexity index is 521. The van der Waals surface area contributed by atoms with E-state index in [-0.39, 0.29) is 6.04 Å². The zero-order valence-electron chi connectivity index (χ0n) is 11.4. The van der Waals surface area contributed by atoms with Gasteiger partial charge in [0, 0.05) is 0 Å². The van der Waals surface area contributed by atoms with Crippen LogP contribution in [0.25, 0.3) is 0 Å². The molecule has 0 aliphatic heterocycles. The quantitative estimate of drug-likeness (QED) is 0.834. The second kappa shape index (κ2) is 6.92. The summed E-state index contributed by atoms with van der Waals surface area (Å²) in [6.07, 6.45) is 3.86. The number of rotatable bonds is 6. The fourth-order valence-electron chi connectivity index (χ4n) is 2.28. The van der Waals surface area contributed by atoms with Crippen LogP contribution in [0.2, 0.25) is 0 Å². The summed E-state index contributed by atoms with van der Waals surface area (Å²) in [6.45, 7) is 5.33. The van der Waals surface area contributed by atoms with Gasteiger partial charge in [0.1, 0.15) is 5.76 Å². The molecule has 19 heavy (non-hydrogen) atoms. The molecule has 0 aliphatic rings. The topological polar surface area (TPSA) is 25.2 Å². The minimum absolute atomic E-state index is 0.112. The van der Waals surface area contributed by atoms with Gasteiger partial charge >= 0.3 is 0 Å². The molecular formula is C16H20BrNO. The monoisotopic (exact) mass is 321 g/mol. The second-order valence-corrected chi connectivity index (χ2v) is 5.43. The predicted octanol–water partition coefficient (Wildman–Crippen LogP) is 4.69. The molecule has 2 nitrogen and oxygen atoms in total. The molecule has 0 spiro atoms. The van der Waals surface area contributed by atoms with Crippen LogP contribution in [0.15, 0.2) is 45.5 Å². The van der Waals surface area contributed by atoms with Gasteiger partial charge in [-0.15, -0.1) is 0 Å². The highest BCUT2D eigenvalue weighted by atomic mass is 79.9. The van der Waals surface area contributed by atoms with Crippen LogP contribution in [-0.4, -0.2) is 6.54 Å². The molecule has 0 saturated carbocycles. The van der Waals surface area contributed by atoms with Gasteiger partial charge in [0.2, 0.25) is 0 Å². The average Bonchev–Trinajstić information content (AvgIpc) is 2.86. The van der Waals surface area contributed by atoms with Gasteiger partial charge in [0.15, 0.2) is 0 Å². The highest BCUT2D eigenvalue weighted by Crippen LogP contribution is 2.31. The predicted molar refractivity (Wildman–Crippen MR) is 82.4 cm³/mol.